The highest BCUT2D eigenvalue weighted by Gasteiger charge is 2.26. The monoisotopic (exact) mass is 336 g/mol. The summed E-state index contributed by atoms with van der Waals surface area (Å²) in [4.78, 5) is 25.2. The van der Waals surface area contributed by atoms with Crippen LogP contribution in [0.2, 0.25) is 0 Å². The van der Waals surface area contributed by atoms with Crippen molar-refractivity contribution in [1.82, 2.24) is 0 Å². The zero-order valence-electron chi connectivity index (χ0n) is 12.4. The Hall–Kier alpha value is -3.03. The number of carbonyl (C=O) groups is 2. The fraction of sp³-hybridized carbons (Fsp3) is 0.125. The van der Waals surface area contributed by atoms with Gasteiger partial charge in [-0.2, -0.15) is 0 Å². The molecule has 0 aliphatic carbocycles. The van der Waals surface area contributed by atoms with E-state index in [1.54, 1.807) is 12.1 Å². The summed E-state index contributed by atoms with van der Waals surface area (Å²) in [6, 6.07) is 6.15. The van der Waals surface area contributed by atoms with Crippen LogP contribution in [0.5, 0.6) is 5.75 Å². The molecule has 2 aromatic rings. The SMILES string of the molecule is CN1C(=O)COc2cccc(NC(=O)c3ccc(F)c(F)c3F)c21. The number of rotatable bonds is 2. The summed E-state index contributed by atoms with van der Waals surface area (Å²) in [5, 5.41) is 2.38. The predicted molar refractivity (Wildman–Crippen MR) is 79.6 cm³/mol. The Morgan fingerprint density at radius 2 is 1.92 bits per heavy atom. The number of nitrogens with zero attached hydrogens (tertiary/aromatic N) is 1. The minimum Gasteiger partial charge on any atom is -0.481 e. The average molecular weight is 336 g/mol. The molecule has 1 N–H and O–H groups in total. The number of anilines is 2. The molecule has 0 atom stereocenters. The van der Waals surface area contributed by atoms with Gasteiger partial charge >= 0.3 is 0 Å². The van der Waals surface area contributed by atoms with Crippen molar-refractivity contribution >= 4 is 23.2 Å². The van der Waals surface area contributed by atoms with Gasteiger partial charge in [-0.3, -0.25) is 9.59 Å². The Labute approximate surface area is 134 Å². The fourth-order valence-corrected chi connectivity index (χ4v) is 2.34. The van der Waals surface area contributed by atoms with Gasteiger partial charge in [0.15, 0.2) is 24.1 Å². The van der Waals surface area contributed by atoms with Gasteiger partial charge in [0.05, 0.1) is 11.3 Å². The average Bonchev–Trinajstić information content (AvgIpc) is 2.56. The zero-order valence-corrected chi connectivity index (χ0v) is 12.4. The first-order valence-electron chi connectivity index (χ1n) is 6.87. The summed E-state index contributed by atoms with van der Waals surface area (Å²) in [6.07, 6.45) is 0. The molecule has 5 nitrogen and oxygen atoms in total. The summed E-state index contributed by atoms with van der Waals surface area (Å²) < 4.78 is 45.2. The normalized spacial score (nSPS) is 13.3. The third kappa shape index (κ3) is 2.55. The number of likely N-dealkylation sites (N-methyl/N-ethyl adjacent to an activating group) is 1. The van der Waals surface area contributed by atoms with Crippen LogP contribution in [-0.4, -0.2) is 25.5 Å². The van der Waals surface area contributed by atoms with E-state index in [1.807, 2.05) is 0 Å². The summed E-state index contributed by atoms with van der Waals surface area (Å²) in [5.41, 5.74) is -0.181. The van der Waals surface area contributed by atoms with E-state index < -0.39 is 28.9 Å². The molecule has 1 aliphatic rings. The molecule has 0 fully saturated rings. The van der Waals surface area contributed by atoms with Gasteiger partial charge in [0.25, 0.3) is 11.8 Å². The van der Waals surface area contributed by atoms with Crippen molar-refractivity contribution in [3.05, 3.63) is 53.3 Å². The lowest BCUT2D eigenvalue weighted by Gasteiger charge is -2.28. The lowest BCUT2D eigenvalue weighted by molar-refractivity contribution is -0.120. The fourth-order valence-electron chi connectivity index (χ4n) is 2.34. The third-order valence-corrected chi connectivity index (χ3v) is 3.59. The van der Waals surface area contributed by atoms with Crippen molar-refractivity contribution in [2.24, 2.45) is 0 Å². The molecule has 2 aromatic carbocycles. The second-order valence-electron chi connectivity index (χ2n) is 5.07. The van der Waals surface area contributed by atoms with Gasteiger partial charge in [0.1, 0.15) is 11.4 Å². The topological polar surface area (TPSA) is 58.6 Å². The van der Waals surface area contributed by atoms with Crippen LogP contribution in [0, 0.1) is 17.5 Å². The van der Waals surface area contributed by atoms with Gasteiger partial charge in [0.2, 0.25) is 0 Å². The zero-order chi connectivity index (χ0) is 17.4. The molecular formula is C16H11F3N2O3. The molecule has 1 aliphatic heterocycles. The van der Waals surface area contributed by atoms with Crippen LogP contribution in [0.3, 0.4) is 0 Å². The van der Waals surface area contributed by atoms with Crippen LogP contribution < -0.4 is 15.0 Å². The standard InChI is InChI=1S/C16H11F3N2O3/c1-21-12(22)7-24-11-4-2-3-10(15(11)21)20-16(23)8-5-6-9(17)14(19)13(8)18/h2-6H,7H2,1H3,(H,20,23). The molecular weight excluding hydrogens is 325 g/mol. The van der Waals surface area contributed by atoms with E-state index in [-0.39, 0.29) is 18.2 Å². The minimum absolute atomic E-state index is 0.140. The first-order valence-corrected chi connectivity index (χ1v) is 6.87. The van der Waals surface area contributed by atoms with Crippen molar-refractivity contribution in [1.29, 1.82) is 0 Å². The van der Waals surface area contributed by atoms with Crippen LogP contribution in [0.1, 0.15) is 10.4 Å². The number of hydrogen-bond acceptors (Lipinski definition) is 3. The van der Waals surface area contributed by atoms with Crippen LogP contribution in [0.15, 0.2) is 30.3 Å². The Bertz CT molecular complexity index is 855. The van der Waals surface area contributed by atoms with Crippen molar-refractivity contribution in [2.75, 3.05) is 23.9 Å². The van der Waals surface area contributed by atoms with Crippen LogP contribution >= 0.6 is 0 Å². The van der Waals surface area contributed by atoms with Gasteiger partial charge in [-0.05, 0) is 24.3 Å². The number of hydrogen-bond donors (Lipinski definition) is 1. The highest BCUT2D eigenvalue weighted by molar-refractivity contribution is 6.09. The lowest BCUT2D eigenvalue weighted by Crippen LogP contribution is -2.36. The highest BCUT2D eigenvalue weighted by atomic mass is 19.2. The molecule has 0 radical (unpaired) electrons. The second-order valence-corrected chi connectivity index (χ2v) is 5.07. The maximum atomic E-state index is 13.7. The maximum absolute atomic E-state index is 13.7. The number of benzene rings is 2. The minimum atomic E-state index is -1.73. The number of nitrogens with one attached hydrogen (secondary N) is 1. The number of halogens is 3. The Morgan fingerprint density at radius 3 is 2.67 bits per heavy atom. The van der Waals surface area contributed by atoms with Crippen molar-refractivity contribution < 1.29 is 27.5 Å². The summed E-state index contributed by atoms with van der Waals surface area (Å²) in [5.74, 6) is -5.65. The van der Waals surface area contributed by atoms with Gasteiger partial charge in [-0.25, -0.2) is 13.2 Å². The molecule has 24 heavy (non-hydrogen) atoms. The second kappa shape index (κ2) is 5.88. The molecule has 0 unspecified atom stereocenters. The first-order chi connectivity index (χ1) is 11.4. The van der Waals surface area contributed by atoms with Crippen molar-refractivity contribution in [3.8, 4) is 5.75 Å². The van der Waals surface area contributed by atoms with E-state index in [4.69, 9.17) is 4.74 Å². The van der Waals surface area contributed by atoms with Crippen LogP contribution in [0.4, 0.5) is 24.5 Å². The summed E-state index contributed by atoms with van der Waals surface area (Å²) >= 11 is 0. The highest BCUT2D eigenvalue weighted by Crippen LogP contribution is 2.38. The van der Waals surface area contributed by atoms with E-state index in [1.165, 1.54) is 18.0 Å². The molecule has 0 saturated heterocycles. The van der Waals surface area contributed by atoms with Gasteiger partial charge < -0.3 is 15.0 Å². The largest absolute Gasteiger partial charge is 0.481 e. The molecule has 1 heterocycles. The van der Waals surface area contributed by atoms with E-state index in [2.05, 4.69) is 5.32 Å². The predicted octanol–water partition coefficient (Wildman–Crippen LogP) is 2.71. The van der Waals surface area contributed by atoms with Gasteiger partial charge in [-0.15, -0.1) is 0 Å². The summed E-state index contributed by atoms with van der Waals surface area (Å²) in [6.45, 7) is -0.140. The smallest absolute Gasteiger partial charge is 0.264 e. The molecule has 124 valence electrons. The lowest BCUT2D eigenvalue weighted by atomic mass is 10.1. The molecule has 0 bridgehead atoms. The number of carbonyl (C=O) groups excluding carboxylic acids is 2. The number of amides is 2. The van der Waals surface area contributed by atoms with E-state index in [9.17, 15) is 22.8 Å². The van der Waals surface area contributed by atoms with Crippen LogP contribution in [-0.2, 0) is 4.79 Å². The molecule has 0 aromatic heterocycles. The molecule has 0 saturated carbocycles. The number of fused-ring (bicyclic) bond motifs is 1. The Kier molecular flexibility index (Phi) is 3.88. The van der Waals surface area contributed by atoms with E-state index in [0.717, 1.165) is 6.07 Å². The molecule has 3 rings (SSSR count). The van der Waals surface area contributed by atoms with Gasteiger partial charge in [-0.1, -0.05) is 6.07 Å². The molecule has 8 heteroatoms. The van der Waals surface area contributed by atoms with E-state index >= 15 is 0 Å². The third-order valence-electron chi connectivity index (χ3n) is 3.59. The van der Waals surface area contributed by atoms with Crippen molar-refractivity contribution in [3.63, 3.8) is 0 Å². The van der Waals surface area contributed by atoms with Crippen LogP contribution in [0.25, 0.3) is 0 Å². The summed E-state index contributed by atoms with van der Waals surface area (Å²) in [7, 11) is 1.50. The van der Waals surface area contributed by atoms with Crippen molar-refractivity contribution in [2.45, 2.75) is 0 Å². The number of ether oxygens (including phenoxy) is 1. The first kappa shape index (κ1) is 15.9. The van der Waals surface area contributed by atoms with E-state index in [0.29, 0.717) is 17.5 Å². The molecule has 2 amide bonds. The van der Waals surface area contributed by atoms with Gasteiger partial charge in [0, 0.05) is 7.05 Å². The molecule has 0 spiro atoms. The Balaban J connectivity index is 1.97. The maximum Gasteiger partial charge on any atom is 0.264 e. The quantitative estimate of drug-likeness (QED) is 0.858. The Morgan fingerprint density at radius 1 is 1.17 bits per heavy atom. The number of para-hydroxylation sites is 1.